The third-order valence-corrected chi connectivity index (χ3v) is 9.42. The van der Waals surface area contributed by atoms with Crippen LogP contribution in [0.4, 0.5) is 5.69 Å². The number of anilines is 1. The Labute approximate surface area is 287 Å². The van der Waals surface area contributed by atoms with Crippen LogP contribution in [0.25, 0.3) is 11.1 Å². The number of nitrogens with zero attached hydrogens (tertiary/aromatic N) is 1. The maximum Gasteiger partial charge on any atom is 0.242 e. The third-order valence-electron chi connectivity index (χ3n) is 9.42. The number of nitrogens with one attached hydrogen (secondary N) is 3. The molecule has 11 heteroatoms. The smallest absolute Gasteiger partial charge is 0.242 e. The maximum atomic E-state index is 13.6. The lowest BCUT2D eigenvalue weighted by Crippen LogP contribution is -2.51. The fourth-order valence-electron chi connectivity index (χ4n) is 6.98. The van der Waals surface area contributed by atoms with E-state index in [2.05, 4.69) is 16.0 Å². The maximum absolute atomic E-state index is 13.6. The molecule has 2 atom stereocenters. The number of carbonyl (C=O) groups excluding carboxylic acids is 3. The molecule has 3 aromatic carbocycles. The van der Waals surface area contributed by atoms with Crippen molar-refractivity contribution in [3.63, 3.8) is 0 Å². The highest BCUT2D eigenvalue weighted by Gasteiger charge is 2.34. The second-order valence-corrected chi connectivity index (χ2v) is 12.5. The van der Waals surface area contributed by atoms with Crippen molar-refractivity contribution >= 4 is 23.4 Å². The zero-order chi connectivity index (χ0) is 35.1. The van der Waals surface area contributed by atoms with Gasteiger partial charge in [0.1, 0.15) is 6.04 Å². The number of hydrogen-bond donors (Lipinski definition) is 3. The van der Waals surface area contributed by atoms with E-state index in [0.717, 1.165) is 40.7 Å². The van der Waals surface area contributed by atoms with Gasteiger partial charge in [-0.3, -0.25) is 19.2 Å². The standard InChI is InChI=1S/C38H46N4O7/c1-23(43)41-29-16-14-25-20-33(47-3)36(48-4)37(49-5)35(25)27-15-17-30(32(44)21-28(27)29)40-18-10-6-7-13-34(45)42-22-26-12-9-8-11-24(26)19-31(42)38(46)39-2/h8-9,11-12,15,17,20-21,29,31H,6-7,10,13-14,16,18-19,22H2,1-5H3,(H,39,46)(H,40,44)(H,41,43)/t29-,31-/m1/s1. The van der Waals surface area contributed by atoms with Crippen LogP contribution in [0.5, 0.6) is 17.2 Å². The Morgan fingerprint density at radius 2 is 1.65 bits per heavy atom. The van der Waals surface area contributed by atoms with E-state index in [1.54, 1.807) is 45.4 Å². The minimum absolute atomic E-state index is 0.0341. The van der Waals surface area contributed by atoms with Crippen LogP contribution in [0.1, 0.15) is 67.3 Å². The summed E-state index contributed by atoms with van der Waals surface area (Å²) in [6, 6.07) is 14.2. The minimum atomic E-state index is -0.515. The monoisotopic (exact) mass is 670 g/mol. The number of rotatable bonds is 12. The highest BCUT2D eigenvalue weighted by molar-refractivity contribution is 5.88. The van der Waals surface area contributed by atoms with Crippen LogP contribution in [0.3, 0.4) is 0 Å². The van der Waals surface area contributed by atoms with Gasteiger partial charge in [0.05, 0.1) is 33.1 Å². The fraction of sp³-hybridized carbons (Fsp3) is 0.421. The number of fused-ring (bicyclic) bond motifs is 4. The van der Waals surface area contributed by atoms with Gasteiger partial charge in [-0.05, 0) is 71.7 Å². The van der Waals surface area contributed by atoms with Crippen molar-refractivity contribution in [1.82, 2.24) is 15.5 Å². The number of carbonyl (C=O) groups is 3. The summed E-state index contributed by atoms with van der Waals surface area (Å²) < 4.78 is 17.1. The zero-order valence-corrected chi connectivity index (χ0v) is 28.9. The van der Waals surface area contributed by atoms with Crippen LogP contribution >= 0.6 is 0 Å². The van der Waals surface area contributed by atoms with E-state index in [-0.39, 0.29) is 29.2 Å². The van der Waals surface area contributed by atoms with Gasteiger partial charge in [-0.2, -0.15) is 0 Å². The molecule has 2 aliphatic rings. The minimum Gasteiger partial charge on any atom is -0.493 e. The van der Waals surface area contributed by atoms with Gasteiger partial charge >= 0.3 is 0 Å². The van der Waals surface area contributed by atoms with Crippen LogP contribution in [0.2, 0.25) is 0 Å². The van der Waals surface area contributed by atoms with Crippen LogP contribution in [-0.2, 0) is 33.8 Å². The van der Waals surface area contributed by atoms with Gasteiger partial charge in [0.15, 0.2) is 11.5 Å². The molecule has 0 saturated carbocycles. The summed E-state index contributed by atoms with van der Waals surface area (Å²) in [5.41, 5.74) is 5.64. The number of aryl methyl sites for hydroxylation is 1. The van der Waals surface area contributed by atoms with E-state index in [4.69, 9.17) is 14.2 Å². The predicted octanol–water partition coefficient (Wildman–Crippen LogP) is 4.53. The molecule has 1 heterocycles. The zero-order valence-electron chi connectivity index (χ0n) is 28.9. The molecular formula is C38H46N4O7. The number of unbranched alkanes of at least 4 members (excludes halogenated alkanes) is 2. The molecule has 0 fully saturated rings. The molecule has 49 heavy (non-hydrogen) atoms. The van der Waals surface area contributed by atoms with Crippen LogP contribution in [0.15, 0.2) is 53.3 Å². The summed E-state index contributed by atoms with van der Waals surface area (Å²) in [7, 11) is 6.30. The van der Waals surface area contributed by atoms with Gasteiger partial charge in [0.2, 0.25) is 28.9 Å². The lowest BCUT2D eigenvalue weighted by atomic mass is 9.93. The van der Waals surface area contributed by atoms with Crippen LogP contribution < -0.4 is 35.6 Å². The second-order valence-electron chi connectivity index (χ2n) is 12.5. The average Bonchev–Trinajstić information content (AvgIpc) is 3.35. The Hall–Kier alpha value is -5.06. The molecule has 11 nitrogen and oxygen atoms in total. The molecule has 1 aliphatic heterocycles. The third kappa shape index (κ3) is 7.66. The van der Waals surface area contributed by atoms with E-state index in [0.29, 0.717) is 73.7 Å². The summed E-state index contributed by atoms with van der Waals surface area (Å²) in [5.74, 6) is 1.12. The van der Waals surface area contributed by atoms with Crippen LogP contribution in [-0.4, -0.2) is 63.6 Å². The SMILES string of the molecule is CNC(=O)[C@H]1Cc2ccccc2CN1C(=O)CCCCCNc1ccc2c(cc1=O)[C@H](NC(C)=O)CCc1cc(OC)c(OC)c(OC)c1-2. The van der Waals surface area contributed by atoms with E-state index < -0.39 is 6.04 Å². The van der Waals surface area contributed by atoms with Crippen molar-refractivity contribution < 1.29 is 28.6 Å². The lowest BCUT2D eigenvalue weighted by Gasteiger charge is -2.36. The predicted molar refractivity (Wildman–Crippen MR) is 188 cm³/mol. The molecule has 260 valence electrons. The molecule has 3 aromatic rings. The number of hydrogen-bond acceptors (Lipinski definition) is 8. The van der Waals surface area contributed by atoms with E-state index in [9.17, 15) is 19.2 Å². The largest absolute Gasteiger partial charge is 0.493 e. The van der Waals surface area contributed by atoms with Gasteiger partial charge in [-0.1, -0.05) is 36.8 Å². The molecule has 0 radical (unpaired) electrons. The Bertz CT molecular complexity index is 1780. The first-order chi connectivity index (χ1) is 23.7. The fourth-order valence-corrected chi connectivity index (χ4v) is 6.98. The van der Waals surface area contributed by atoms with Crippen molar-refractivity contribution in [2.24, 2.45) is 0 Å². The van der Waals surface area contributed by atoms with Crippen molar-refractivity contribution in [3.8, 4) is 28.4 Å². The van der Waals surface area contributed by atoms with Crippen molar-refractivity contribution in [2.45, 2.75) is 70.5 Å². The molecule has 0 saturated heterocycles. The molecule has 0 unspecified atom stereocenters. The van der Waals surface area contributed by atoms with E-state index >= 15 is 0 Å². The first-order valence-corrected chi connectivity index (χ1v) is 16.8. The molecular weight excluding hydrogens is 624 g/mol. The van der Waals surface area contributed by atoms with Gasteiger partial charge < -0.3 is 35.1 Å². The first kappa shape index (κ1) is 35.3. The molecule has 0 aromatic heterocycles. The number of likely N-dealkylation sites (N-methyl/N-ethyl adjacent to an activating group) is 1. The molecule has 3 N–H and O–H groups in total. The van der Waals surface area contributed by atoms with E-state index in [1.807, 2.05) is 36.4 Å². The summed E-state index contributed by atoms with van der Waals surface area (Å²) in [6.45, 7) is 2.43. The highest BCUT2D eigenvalue weighted by atomic mass is 16.5. The lowest BCUT2D eigenvalue weighted by molar-refractivity contribution is -0.141. The summed E-state index contributed by atoms with van der Waals surface area (Å²) in [5, 5.41) is 9.02. The Morgan fingerprint density at radius 3 is 2.35 bits per heavy atom. The van der Waals surface area contributed by atoms with Crippen molar-refractivity contribution in [3.05, 3.63) is 81.0 Å². The Kier molecular flexibility index (Phi) is 11.4. The highest BCUT2D eigenvalue weighted by Crippen LogP contribution is 2.50. The normalized spacial score (nSPS) is 16.2. The van der Waals surface area contributed by atoms with E-state index in [1.165, 1.54) is 6.92 Å². The van der Waals surface area contributed by atoms with Crippen LogP contribution in [0, 0.1) is 0 Å². The number of amides is 3. The number of benzene rings is 2. The van der Waals surface area contributed by atoms with Gasteiger partial charge in [0, 0.05) is 45.5 Å². The number of ether oxygens (including phenoxy) is 3. The number of methoxy groups -OCH3 is 3. The summed E-state index contributed by atoms with van der Waals surface area (Å²) >= 11 is 0. The Balaban J connectivity index is 1.29. The van der Waals surface area contributed by atoms with Gasteiger partial charge in [0.25, 0.3) is 0 Å². The van der Waals surface area contributed by atoms with Gasteiger partial charge in [-0.25, -0.2) is 0 Å². The quantitative estimate of drug-likeness (QED) is 0.239. The van der Waals surface area contributed by atoms with Gasteiger partial charge in [-0.15, -0.1) is 0 Å². The average molecular weight is 671 g/mol. The summed E-state index contributed by atoms with van der Waals surface area (Å²) in [6.07, 6.45) is 4.23. The molecule has 3 amide bonds. The topological polar surface area (TPSA) is 135 Å². The molecule has 1 aliphatic carbocycles. The summed E-state index contributed by atoms with van der Waals surface area (Å²) in [4.78, 5) is 53.4. The Morgan fingerprint density at radius 1 is 0.898 bits per heavy atom. The molecule has 0 bridgehead atoms. The second kappa shape index (κ2) is 15.9. The van der Waals surface area contributed by atoms with Crippen molar-refractivity contribution in [1.29, 1.82) is 0 Å². The first-order valence-electron chi connectivity index (χ1n) is 16.8. The molecule has 5 rings (SSSR count). The molecule has 0 spiro atoms. The van der Waals surface area contributed by atoms with Crippen molar-refractivity contribution in [2.75, 3.05) is 40.2 Å².